The van der Waals surface area contributed by atoms with Crippen LogP contribution in [0.3, 0.4) is 0 Å². The quantitative estimate of drug-likeness (QED) is 0.640. The summed E-state index contributed by atoms with van der Waals surface area (Å²) in [5.41, 5.74) is 0. The SMILES string of the molecule is CCCCCCCN1CCCC(NCC)C1. The first-order chi connectivity index (χ1) is 7.86. The minimum Gasteiger partial charge on any atom is -0.313 e. The highest BCUT2D eigenvalue weighted by Gasteiger charge is 2.17. The van der Waals surface area contributed by atoms with E-state index in [2.05, 4.69) is 24.1 Å². The number of nitrogens with zero attached hydrogens (tertiary/aromatic N) is 1. The maximum Gasteiger partial charge on any atom is 0.0195 e. The summed E-state index contributed by atoms with van der Waals surface area (Å²) >= 11 is 0. The van der Waals surface area contributed by atoms with Gasteiger partial charge < -0.3 is 10.2 Å². The molecule has 0 bridgehead atoms. The van der Waals surface area contributed by atoms with Gasteiger partial charge in [0.2, 0.25) is 0 Å². The molecule has 16 heavy (non-hydrogen) atoms. The molecule has 2 heteroatoms. The van der Waals surface area contributed by atoms with Crippen LogP contribution in [0, 0.1) is 0 Å². The molecule has 0 amide bonds. The highest BCUT2D eigenvalue weighted by atomic mass is 15.2. The zero-order chi connectivity index (χ0) is 11.6. The van der Waals surface area contributed by atoms with Crippen LogP contribution in [0.25, 0.3) is 0 Å². The van der Waals surface area contributed by atoms with Crippen LogP contribution in [0.4, 0.5) is 0 Å². The molecule has 2 nitrogen and oxygen atoms in total. The van der Waals surface area contributed by atoms with Crippen LogP contribution >= 0.6 is 0 Å². The first kappa shape index (κ1) is 14.0. The highest BCUT2D eigenvalue weighted by molar-refractivity contribution is 4.77. The van der Waals surface area contributed by atoms with Crippen molar-refractivity contribution in [3.63, 3.8) is 0 Å². The number of likely N-dealkylation sites (N-methyl/N-ethyl adjacent to an activating group) is 1. The Morgan fingerprint density at radius 2 is 1.94 bits per heavy atom. The number of likely N-dealkylation sites (tertiary alicyclic amines) is 1. The second-order valence-electron chi connectivity index (χ2n) is 5.11. The molecule has 96 valence electrons. The average molecular weight is 226 g/mol. The van der Waals surface area contributed by atoms with Crippen molar-refractivity contribution < 1.29 is 0 Å². The van der Waals surface area contributed by atoms with Gasteiger partial charge in [0.1, 0.15) is 0 Å². The number of unbranched alkanes of at least 4 members (excludes halogenated alkanes) is 4. The van der Waals surface area contributed by atoms with Crippen LogP contribution in [-0.2, 0) is 0 Å². The first-order valence-electron chi connectivity index (χ1n) is 7.32. The number of rotatable bonds is 8. The van der Waals surface area contributed by atoms with Crippen molar-refractivity contribution in [3.05, 3.63) is 0 Å². The molecule has 1 aliphatic rings. The monoisotopic (exact) mass is 226 g/mol. The van der Waals surface area contributed by atoms with E-state index >= 15 is 0 Å². The topological polar surface area (TPSA) is 15.3 Å². The lowest BCUT2D eigenvalue weighted by Crippen LogP contribution is -2.45. The van der Waals surface area contributed by atoms with Gasteiger partial charge in [-0.1, -0.05) is 39.5 Å². The van der Waals surface area contributed by atoms with Gasteiger partial charge in [-0.05, 0) is 38.9 Å². The Kier molecular flexibility index (Phi) is 7.87. The van der Waals surface area contributed by atoms with Gasteiger partial charge in [0.05, 0.1) is 0 Å². The van der Waals surface area contributed by atoms with Gasteiger partial charge in [0.25, 0.3) is 0 Å². The Bertz CT molecular complexity index is 157. The molecule has 1 atom stereocenters. The van der Waals surface area contributed by atoms with Crippen molar-refractivity contribution in [1.29, 1.82) is 0 Å². The molecule has 0 radical (unpaired) electrons. The van der Waals surface area contributed by atoms with E-state index in [1.807, 2.05) is 0 Å². The lowest BCUT2D eigenvalue weighted by atomic mass is 10.0. The summed E-state index contributed by atoms with van der Waals surface area (Å²) < 4.78 is 0. The summed E-state index contributed by atoms with van der Waals surface area (Å²) in [4.78, 5) is 2.66. The smallest absolute Gasteiger partial charge is 0.0195 e. The van der Waals surface area contributed by atoms with Crippen LogP contribution in [0.15, 0.2) is 0 Å². The van der Waals surface area contributed by atoms with Gasteiger partial charge in [-0.25, -0.2) is 0 Å². The molecule has 1 N–H and O–H groups in total. The van der Waals surface area contributed by atoms with Crippen LogP contribution in [0.5, 0.6) is 0 Å². The Balaban J connectivity index is 2.02. The van der Waals surface area contributed by atoms with Gasteiger partial charge in [-0.2, -0.15) is 0 Å². The maximum absolute atomic E-state index is 3.58. The van der Waals surface area contributed by atoms with E-state index in [-0.39, 0.29) is 0 Å². The largest absolute Gasteiger partial charge is 0.313 e. The van der Waals surface area contributed by atoms with Crippen LogP contribution < -0.4 is 5.32 Å². The van der Waals surface area contributed by atoms with Crippen LogP contribution in [0.2, 0.25) is 0 Å². The highest BCUT2D eigenvalue weighted by Crippen LogP contribution is 2.11. The minimum absolute atomic E-state index is 0.759. The molecule has 0 spiro atoms. The van der Waals surface area contributed by atoms with E-state index in [0.717, 1.165) is 12.6 Å². The number of hydrogen-bond donors (Lipinski definition) is 1. The zero-order valence-corrected chi connectivity index (χ0v) is 11.3. The Labute approximate surface area is 102 Å². The predicted octanol–water partition coefficient (Wildman–Crippen LogP) is 3.03. The summed E-state index contributed by atoms with van der Waals surface area (Å²) in [5.74, 6) is 0. The van der Waals surface area contributed by atoms with E-state index in [0.29, 0.717) is 0 Å². The van der Waals surface area contributed by atoms with E-state index in [1.54, 1.807) is 0 Å². The summed E-state index contributed by atoms with van der Waals surface area (Å²) in [6.45, 7) is 9.55. The van der Waals surface area contributed by atoms with Crippen LogP contribution in [-0.4, -0.2) is 37.1 Å². The van der Waals surface area contributed by atoms with E-state index in [9.17, 15) is 0 Å². The summed E-state index contributed by atoms with van der Waals surface area (Å²) in [7, 11) is 0. The third-order valence-electron chi connectivity index (χ3n) is 3.58. The van der Waals surface area contributed by atoms with Crippen molar-refractivity contribution in [1.82, 2.24) is 10.2 Å². The Hall–Kier alpha value is -0.0800. The fourth-order valence-corrected chi connectivity index (χ4v) is 2.65. The van der Waals surface area contributed by atoms with Gasteiger partial charge >= 0.3 is 0 Å². The number of nitrogens with one attached hydrogen (secondary N) is 1. The predicted molar refractivity (Wildman–Crippen MR) is 71.9 cm³/mol. The van der Waals surface area contributed by atoms with Gasteiger partial charge in [-0.15, -0.1) is 0 Å². The molecule has 1 unspecified atom stereocenters. The number of hydrogen-bond acceptors (Lipinski definition) is 2. The fourth-order valence-electron chi connectivity index (χ4n) is 2.65. The number of piperidine rings is 1. The van der Waals surface area contributed by atoms with Crippen molar-refractivity contribution in [2.75, 3.05) is 26.2 Å². The van der Waals surface area contributed by atoms with Crippen molar-refractivity contribution in [3.8, 4) is 0 Å². The maximum atomic E-state index is 3.58. The zero-order valence-electron chi connectivity index (χ0n) is 11.3. The minimum atomic E-state index is 0.759. The Morgan fingerprint density at radius 1 is 1.12 bits per heavy atom. The molecule has 0 aromatic heterocycles. The first-order valence-corrected chi connectivity index (χ1v) is 7.32. The van der Waals surface area contributed by atoms with E-state index in [4.69, 9.17) is 0 Å². The molecule has 0 saturated carbocycles. The third-order valence-corrected chi connectivity index (χ3v) is 3.58. The molecule has 1 rings (SSSR count). The molecule has 0 aromatic carbocycles. The third kappa shape index (κ3) is 5.86. The molecular formula is C14H30N2. The Morgan fingerprint density at radius 3 is 2.69 bits per heavy atom. The van der Waals surface area contributed by atoms with Crippen LogP contribution in [0.1, 0.15) is 58.8 Å². The van der Waals surface area contributed by atoms with Crippen molar-refractivity contribution >= 4 is 0 Å². The molecule has 1 fully saturated rings. The molecule has 1 saturated heterocycles. The molecule has 1 heterocycles. The molecular weight excluding hydrogens is 196 g/mol. The summed E-state index contributed by atoms with van der Waals surface area (Å²) in [6, 6.07) is 0.759. The van der Waals surface area contributed by atoms with Crippen molar-refractivity contribution in [2.45, 2.75) is 64.8 Å². The molecule has 0 aromatic rings. The molecule has 0 aliphatic carbocycles. The normalized spacial score (nSPS) is 22.5. The van der Waals surface area contributed by atoms with Gasteiger partial charge in [0, 0.05) is 12.6 Å². The second kappa shape index (κ2) is 9.00. The van der Waals surface area contributed by atoms with E-state index in [1.165, 1.54) is 64.6 Å². The van der Waals surface area contributed by atoms with Gasteiger partial charge in [0.15, 0.2) is 0 Å². The standard InChI is InChI=1S/C14H30N2/c1-3-5-6-7-8-11-16-12-9-10-14(13-16)15-4-2/h14-15H,3-13H2,1-2H3. The molecule has 1 aliphatic heterocycles. The average Bonchev–Trinajstić information content (AvgIpc) is 2.30. The van der Waals surface area contributed by atoms with Crippen molar-refractivity contribution in [2.24, 2.45) is 0 Å². The second-order valence-corrected chi connectivity index (χ2v) is 5.11. The van der Waals surface area contributed by atoms with E-state index < -0.39 is 0 Å². The lowest BCUT2D eigenvalue weighted by molar-refractivity contribution is 0.188. The summed E-state index contributed by atoms with van der Waals surface area (Å²) in [5, 5.41) is 3.58. The van der Waals surface area contributed by atoms with Gasteiger partial charge in [-0.3, -0.25) is 0 Å². The fraction of sp³-hybridized carbons (Fsp3) is 1.00. The lowest BCUT2D eigenvalue weighted by Gasteiger charge is -2.33. The summed E-state index contributed by atoms with van der Waals surface area (Å²) in [6.07, 6.45) is 9.79.